The van der Waals surface area contributed by atoms with Crippen LogP contribution in [-0.2, 0) is 24.4 Å². The predicted octanol–water partition coefficient (Wildman–Crippen LogP) is 3.48. The summed E-state index contributed by atoms with van der Waals surface area (Å²) in [5.74, 6) is 2.00. The van der Waals surface area contributed by atoms with Gasteiger partial charge in [0.15, 0.2) is 5.82 Å². The molecule has 5 heterocycles. The summed E-state index contributed by atoms with van der Waals surface area (Å²) in [5, 5.41) is 13.6. The molecular weight excluding hydrogens is 498 g/mol. The zero-order chi connectivity index (χ0) is 26.6. The van der Waals surface area contributed by atoms with Gasteiger partial charge in [0.1, 0.15) is 17.6 Å². The van der Waals surface area contributed by atoms with E-state index in [-0.39, 0.29) is 11.7 Å². The van der Waals surface area contributed by atoms with Gasteiger partial charge in [-0.2, -0.15) is 0 Å². The van der Waals surface area contributed by atoms with Gasteiger partial charge < -0.3 is 18.9 Å². The lowest BCUT2D eigenvalue weighted by Crippen LogP contribution is -2.35. The van der Waals surface area contributed by atoms with Gasteiger partial charge in [0.2, 0.25) is 0 Å². The number of nitrogens with zero attached hydrogens (tertiary/aromatic N) is 6. The monoisotopic (exact) mass is 527 g/mol. The van der Waals surface area contributed by atoms with Gasteiger partial charge in [-0.05, 0) is 71.3 Å². The minimum atomic E-state index is -0.605. The van der Waals surface area contributed by atoms with Crippen molar-refractivity contribution in [3.63, 3.8) is 0 Å². The second-order valence-electron chi connectivity index (χ2n) is 9.61. The van der Waals surface area contributed by atoms with Crippen LogP contribution < -0.4 is 10.3 Å². The van der Waals surface area contributed by atoms with Crippen molar-refractivity contribution in [3.8, 4) is 5.75 Å². The number of hydrogen-bond donors (Lipinski definition) is 1. The van der Waals surface area contributed by atoms with Crippen molar-refractivity contribution in [1.29, 1.82) is 0 Å². The van der Waals surface area contributed by atoms with E-state index in [0.717, 1.165) is 36.2 Å². The first-order valence-electron chi connectivity index (χ1n) is 12.9. The molecule has 2 atom stereocenters. The molecule has 200 valence electrons. The van der Waals surface area contributed by atoms with Gasteiger partial charge in [0.05, 0.1) is 32.6 Å². The van der Waals surface area contributed by atoms with Crippen LogP contribution in [0.2, 0.25) is 0 Å². The summed E-state index contributed by atoms with van der Waals surface area (Å²) in [5.41, 5.74) is 1.98. The molecule has 0 aliphatic carbocycles. The molecule has 0 spiro atoms. The Bertz CT molecular complexity index is 1580. The Morgan fingerprint density at radius 3 is 2.92 bits per heavy atom. The normalized spacial score (nSPS) is 16.2. The fourth-order valence-electron chi connectivity index (χ4n) is 5.12. The van der Waals surface area contributed by atoms with E-state index in [1.165, 1.54) is 0 Å². The van der Waals surface area contributed by atoms with E-state index in [1.54, 1.807) is 24.3 Å². The van der Waals surface area contributed by atoms with Crippen LogP contribution >= 0.6 is 0 Å². The summed E-state index contributed by atoms with van der Waals surface area (Å²) in [4.78, 5) is 23.2. The zero-order valence-corrected chi connectivity index (χ0v) is 21.6. The molecule has 0 amide bonds. The molecule has 5 aromatic rings. The smallest absolute Gasteiger partial charge is 0.253 e. The second kappa shape index (κ2) is 11.2. The Kier molecular flexibility index (Phi) is 7.15. The van der Waals surface area contributed by atoms with E-state index in [2.05, 4.69) is 30.4 Å². The highest BCUT2D eigenvalue weighted by molar-refractivity contribution is 5.80. The number of nitrogens with one attached hydrogen (secondary N) is 1. The number of tetrazole rings is 1. The second-order valence-corrected chi connectivity index (χ2v) is 9.61. The number of ether oxygens (including phenoxy) is 2. The maximum Gasteiger partial charge on any atom is 0.253 e. The summed E-state index contributed by atoms with van der Waals surface area (Å²) in [6, 6.07) is 14.5. The molecule has 11 heteroatoms. The number of hydrogen-bond acceptors (Lipinski definition) is 9. The highest BCUT2D eigenvalue weighted by atomic mass is 16.5. The third-order valence-electron chi connectivity index (χ3n) is 6.99. The van der Waals surface area contributed by atoms with Crippen LogP contribution in [0, 0.1) is 0 Å². The lowest BCUT2D eigenvalue weighted by atomic mass is 10.0. The Balaban J connectivity index is 1.50. The topological polar surface area (TPSA) is 124 Å². The predicted molar refractivity (Wildman–Crippen MR) is 142 cm³/mol. The van der Waals surface area contributed by atoms with Crippen molar-refractivity contribution in [2.75, 3.05) is 13.7 Å². The minimum Gasteiger partial charge on any atom is -0.497 e. The summed E-state index contributed by atoms with van der Waals surface area (Å²) in [6.07, 6.45) is 7.15. The van der Waals surface area contributed by atoms with E-state index >= 15 is 0 Å². The van der Waals surface area contributed by atoms with E-state index in [9.17, 15) is 4.79 Å². The van der Waals surface area contributed by atoms with E-state index < -0.39 is 6.04 Å². The molecule has 1 N–H and O–H groups in total. The first-order valence-corrected chi connectivity index (χ1v) is 12.9. The summed E-state index contributed by atoms with van der Waals surface area (Å²) in [6.45, 7) is 2.11. The fourth-order valence-corrected chi connectivity index (χ4v) is 5.12. The third kappa shape index (κ3) is 5.45. The van der Waals surface area contributed by atoms with Crippen LogP contribution in [0.1, 0.15) is 41.6 Å². The van der Waals surface area contributed by atoms with Crippen molar-refractivity contribution in [1.82, 2.24) is 35.1 Å². The Labute approximate surface area is 224 Å². The lowest BCUT2D eigenvalue weighted by Gasteiger charge is -2.30. The summed E-state index contributed by atoms with van der Waals surface area (Å²) < 4.78 is 18.8. The first-order chi connectivity index (χ1) is 19.2. The van der Waals surface area contributed by atoms with Crippen LogP contribution in [0.5, 0.6) is 5.75 Å². The van der Waals surface area contributed by atoms with Crippen LogP contribution in [0.3, 0.4) is 0 Å². The quantitative estimate of drug-likeness (QED) is 0.291. The van der Waals surface area contributed by atoms with Gasteiger partial charge >= 0.3 is 0 Å². The molecular formula is C28H29N7O4. The molecule has 4 aromatic heterocycles. The Morgan fingerprint density at radius 1 is 1.21 bits per heavy atom. The molecule has 0 radical (unpaired) electrons. The molecule has 1 saturated heterocycles. The SMILES string of the molecule is COc1ccc2[nH]c(=O)c(C(c3nnnn3CC3CCCO3)N(Cc3cccnc3)Cc3ccco3)cc2c1. The number of aromatic amines is 1. The molecule has 0 bridgehead atoms. The summed E-state index contributed by atoms with van der Waals surface area (Å²) >= 11 is 0. The van der Waals surface area contributed by atoms with Crippen LogP contribution in [0.15, 0.2) is 76.4 Å². The average Bonchev–Trinajstić information content (AvgIpc) is 3.75. The van der Waals surface area contributed by atoms with Crippen LogP contribution in [0.4, 0.5) is 0 Å². The number of fused-ring (bicyclic) bond motifs is 1. The maximum atomic E-state index is 13.7. The van der Waals surface area contributed by atoms with Crippen molar-refractivity contribution >= 4 is 10.9 Å². The van der Waals surface area contributed by atoms with Gasteiger partial charge in [-0.3, -0.25) is 14.7 Å². The molecule has 1 aromatic carbocycles. The number of aromatic nitrogens is 6. The highest BCUT2D eigenvalue weighted by Crippen LogP contribution is 2.31. The molecule has 39 heavy (non-hydrogen) atoms. The van der Waals surface area contributed by atoms with Crippen molar-refractivity contribution < 1.29 is 13.9 Å². The largest absolute Gasteiger partial charge is 0.497 e. The van der Waals surface area contributed by atoms with Gasteiger partial charge in [0, 0.05) is 42.0 Å². The highest BCUT2D eigenvalue weighted by Gasteiger charge is 2.32. The molecule has 2 unspecified atom stereocenters. The lowest BCUT2D eigenvalue weighted by molar-refractivity contribution is 0.0901. The number of H-pyrrole nitrogens is 1. The number of benzene rings is 1. The van der Waals surface area contributed by atoms with Gasteiger partial charge in [-0.25, -0.2) is 4.68 Å². The van der Waals surface area contributed by atoms with Crippen molar-refractivity contribution in [3.05, 3.63) is 100 Å². The Hall–Kier alpha value is -4.35. The molecule has 6 rings (SSSR count). The van der Waals surface area contributed by atoms with Crippen molar-refractivity contribution in [2.24, 2.45) is 0 Å². The van der Waals surface area contributed by atoms with E-state index in [4.69, 9.17) is 13.9 Å². The van der Waals surface area contributed by atoms with E-state index in [0.29, 0.717) is 42.3 Å². The number of furan rings is 1. The van der Waals surface area contributed by atoms with Gasteiger partial charge in [-0.15, -0.1) is 5.10 Å². The number of rotatable bonds is 10. The first kappa shape index (κ1) is 25.0. The summed E-state index contributed by atoms with van der Waals surface area (Å²) in [7, 11) is 1.62. The standard InChI is InChI=1S/C28H29N7O4/c1-37-21-8-9-25-20(13-21)14-24(28(36)30-25)26(27-31-32-33-35(27)18-23-7-4-12-39-23)34(17-22-6-3-11-38-22)16-19-5-2-10-29-15-19/h2-3,5-6,8-11,13-15,23,26H,4,7,12,16-18H2,1H3,(H,30,36). The van der Waals surface area contributed by atoms with Crippen molar-refractivity contribution in [2.45, 2.75) is 44.6 Å². The minimum absolute atomic E-state index is 0.0175. The van der Waals surface area contributed by atoms with E-state index in [1.807, 2.05) is 54.7 Å². The molecule has 1 aliphatic heterocycles. The van der Waals surface area contributed by atoms with Crippen LogP contribution in [0.25, 0.3) is 10.9 Å². The maximum absolute atomic E-state index is 13.7. The van der Waals surface area contributed by atoms with Gasteiger partial charge in [-0.1, -0.05) is 6.07 Å². The molecule has 0 saturated carbocycles. The average molecular weight is 528 g/mol. The fraction of sp³-hybridized carbons (Fsp3) is 0.321. The van der Waals surface area contributed by atoms with Gasteiger partial charge in [0.25, 0.3) is 5.56 Å². The zero-order valence-electron chi connectivity index (χ0n) is 21.6. The molecule has 1 aliphatic rings. The Morgan fingerprint density at radius 2 is 2.15 bits per heavy atom. The number of methoxy groups -OCH3 is 1. The molecule has 1 fully saturated rings. The third-order valence-corrected chi connectivity index (χ3v) is 6.99. The van der Waals surface area contributed by atoms with Crippen LogP contribution in [-0.4, -0.2) is 54.9 Å². The number of pyridine rings is 2. The molecule has 11 nitrogen and oxygen atoms in total.